The first-order chi connectivity index (χ1) is 22.7. The van der Waals surface area contributed by atoms with Gasteiger partial charge in [-0.1, -0.05) is 13.8 Å². The molecule has 12 heteroatoms. The molecule has 3 amide bonds. The minimum atomic E-state index is -1.17. The first-order valence-corrected chi connectivity index (χ1v) is 15.5. The smallest absolute Gasteiger partial charge is 0.415 e. The third kappa shape index (κ3) is 7.60. The van der Waals surface area contributed by atoms with Gasteiger partial charge in [0.1, 0.15) is 22.7 Å². The van der Waals surface area contributed by atoms with E-state index < -0.39 is 29.1 Å². The molecule has 2 heterocycles. The Morgan fingerprint density at radius 2 is 1.43 bits per heavy atom. The number of likely N-dealkylation sites (N-methyl/N-ethyl adjacent to an activating group) is 1. The molecule has 0 bridgehead atoms. The molecule has 1 aliphatic heterocycles. The van der Waals surface area contributed by atoms with Gasteiger partial charge in [0.2, 0.25) is 11.8 Å². The molecule has 2 aliphatic rings. The van der Waals surface area contributed by atoms with E-state index in [0.717, 1.165) is 13.1 Å². The second-order valence-electron chi connectivity index (χ2n) is 11.1. The first-order valence-electron chi connectivity index (χ1n) is 15.5. The molecule has 250 valence electrons. The summed E-state index contributed by atoms with van der Waals surface area (Å²) in [7, 11) is 3.51. The number of benzene rings is 3. The van der Waals surface area contributed by atoms with Crippen molar-refractivity contribution in [2.45, 2.75) is 26.7 Å². The van der Waals surface area contributed by atoms with Crippen LogP contribution in [0.15, 0.2) is 72.9 Å². The molecular formula is C35H42FN5O6. The van der Waals surface area contributed by atoms with Gasteiger partial charge in [0.05, 0.1) is 12.6 Å². The summed E-state index contributed by atoms with van der Waals surface area (Å²) in [5.41, 5.74) is 0.301. The van der Waals surface area contributed by atoms with Crippen LogP contribution in [-0.4, -0.2) is 73.0 Å². The maximum Gasteiger partial charge on any atom is 0.415 e. The van der Waals surface area contributed by atoms with E-state index in [4.69, 9.17) is 14.2 Å². The molecule has 1 aliphatic carbocycles. The molecule has 0 atom stereocenters. The van der Waals surface area contributed by atoms with Crippen LogP contribution in [-0.2, 0) is 9.59 Å². The van der Waals surface area contributed by atoms with Crippen LogP contribution in [0, 0.1) is 11.2 Å². The Labute approximate surface area is 275 Å². The monoisotopic (exact) mass is 647 g/mol. The fourth-order valence-corrected chi connectivity index (χ4v) is 5.05. The van der Waals surface area contributed by atoms with E-state index in [1.807, 2.05) is 20.9 Å². The van der Waals surface area contributed by atoms with Gasteiger partial charge in [-0.2, -0.15) is 0 Å². The molecule has 0 spiro atoms. The zero-order chi connectivity index (χ0) is 33.6. The van der Waals surface area contributed by atoms with Gasteiger partial charge in [-0.15, -0.1) is 0 Å². The Morgan fingerprint density at radius 1 is 0.830 bits per heavy atom. The lowest BCUT2D eigenvalue weighted by atomic mass is 10.0. The number of amides is 3. The number of pyridine rings is 1. The van der Waals surface area contributed by atoms with Crippen molar-refractivity contribution < 1.29 is 35.8 Å². The van der Waals surface area contributed by atoms with Gasteiger partial charge in [-0.3, -0.25) is 14.6 Å². The molecule has 1 saturated heterocycles. The summed E-state index contributed by atoms with van der Waals surface area (Å²) < 4.78 is 30.6. The summed E-state index contributed by atoms with van der Waals surface area (Å²) in [5.74, 6) is 0.374. The van der Waals surface area contributed by atoms with E-state index in [9.17, 15) is 18.8 Å². The fraction of sp³-hybridized carbons (Fsp3) is 0.314. The van der Waals surface area contributed by atoms with Gasteiger partial charge < -0.3 is 34.6 Å². The highest BCUT2D eigenvalue weighted by Crippen LogP contribution is 2.47. The fourth-order valence-electron chi connectivity index (χ4n) is 5.05. The van der Waals surface area contributed by atoms with Crippen LogP contribution in [0.25, 0.3) is 10.9 Å². The maximum atomic E-state index is 13.2. The number of nitrogens with one attached hydrogen (secondary N) is 2. The lowest BCUT2D eigenvalue weighted by Crippen LogP contribution is -2.48. The lowest BCUT2D eigenvalue weighted by molar-refractivity contribution is -0.131. The number of methoxy groups -OCH3 is 1. The topological polar surface area (TPSA) is 122 Å². The molecule has 1 aromatic heterocycles. The van der Waals surface area contributed by atoms with Crippen molar-refractivity contribution in [3.8, 4) is 23.0 Å². The van der Waals surface area contributed by atoms with Gasteiger partial charge >= 0.3 is 6.09 Å². The minimum absolute atomic E-state index is 0. The quantitative estimate of drug-likeness (QED) is 0.200. The summed E-state index contributed by atoms with van der Waals surface area (Å²) >= 11 is 0. The van der Waals surface area contributed by atoms with Crippen LogP contribution in [0.3, 0.4) is 0 Å². The van der Waals surface area contributed by atoms with Crippen LogP contribution in [0.1, 0.15) is 29.5 Å². The van der Waals surface area contributed by atoms with Gasteiger partial charge in [-0.05, 0) is 80.6 Å². The van der Waals surface area contributed by atoms with Gasteiger partial charge in [0.25, 0.3) is 0 Å². The Bertz CT molecular complexity index is 1750. The van der Waals surface area contributed by atoms with Crippen molar-refractivity contribution in [3.63, 3.8) is 0 Å². The zero-order valence-corrected chi connectivity index (χ0v) is 26.8. The van der Waals surface area contributed by atoms with Crippen molar-refractivity contribution in [1.82, 2.24) is 14.8 Å². The summed E-state index contributed by atoms with van der Waals surface area (Å²) in [5, 5.41) is 6.16. The number of fused-ring (bicyclic) bond motifs is 1. The van der Waals surface area contributed by atoms with Crippen LogP contribution < -0.4 is 24.8 Å². The highest BCUT2D eigenvalue weighted by Gasteiger charge is 2.56. The second-order valence-corrected chi connectivity index (χ2v) is 11.1. The largest absolute Gasteiger partial charge is 0.493 e. The van der Waals surface area contributed by atoms with Crippen LogP contribution in [0.2, 0.25) is 0 Å². The molecule has 47 heavy (non-hydrogen) atoms. The van der Waals surface area contributed by atoms with E-state index in [-0.39, 0.29) is 8.60 Å². The van der Waals surface area contributed by atoms with Crippen molar-refractivity contribution in [2.75, 3.05) is 51.0 Å². The molecule has 4 aromatic rings. The third-order valence-electron chi connectivity index (χ3n) is 8.01. The molecule has 2 fully saturated rings. The normalized spacial score (nSPS) is 15.1. The average Bonchev–Trinajstić information content (AvgIpc) is 3.90. The molecular weight excluding hydrogens is 605 g/mol. The van der Waals surface area contributed by atoms with E-state index in [2.05, 4.69) is 20.5 Å². The van der Waals surface area contributed by atoms with Crippen molar-refractivity contribution >= 4 is 40.2 Å². The van der Waals surface area contributed by atoms with Gasteiger partial charge in [0.15, 0.2) is 11.5 Å². The predicted molar refractivity (Wildman–Crippen MR) is 181 cm³/mol. The standard InChI is InChI=1S/C33H32FN5O6.C2H6.2H2/c1-38-15-17-39(18-16-38)32(42)45-29-20-26-25(19-28(29)43-2)27(11-14-35-26)44-24-9-7-23(8-10-24)37-31(41)33(12-13-33)30(40)36-22-5-3-21(34)4-6-22;1-2;;/h3-11,14,19-20H,12-13,15-18H2,1-2H3,(H,36,40)(H,37,41);1-2H3;2*1H. The summed E-state index contributed by atoms with van der Waals surface area (Å²) in [6.45, 7) is 6.71. The molecule has 2 N–H and O–H groups in total. The molecule has 1 saturated carbocycles. The zero-order valence-electron chi connectivity index (χ0n) is 26.8. The number of aromatic nitrogens is 1. The number of halogens is 1. The minimum Gasteiger partial charge on any atom is -0.493 e. The Kier molecular flexibility index (Phi) is 10.2. The number of hydrogen-bond acceptors (Lipinski definition) is 8. The van der Waals surface area contributed by atoms with E-state index >= 15 is 0 Å². The van der Waals surface area contributed by atoms with Crippen molar-refractivity contribution in [2.24, 2.45) is 5.41 Å². The molecule has 0 unspecified atom stereocenters. The van der Waals surface area contributed by atoms with E-state index in [1.54, 1.807) is 53.6 Å². The average molecular weight is 648 g/mol. The number of piperazine rings is 1. The molecule has 0 radical (unpaired) electrons. The van der Waals surface area contributed by atoms with E-state index in [1.165, 1.54) is 31.4 Å². The van der Waals surface area contributed by atoms with E-state index in [0.29, 0.717) is 65.5 Å². The van der Waals surface area contributed by atoms with Crippen molar-refractivity contribution in [3.05, 3.63) is 78.7 Å². The lowest BCUT2D eigenvalue weighted by Gasteiger charge is -2.31. The number of ether oxygens (including phenoxy) is 3. The van der Waals surface area contributed by atoms with Gasteiger partial charge in [-0.25, -0.2) is 9.18 Å². The van der Waals surface area contributed by atoms with Gasteiger partial charge in [0, 0.05) is 58.1 Å². The predicted octanol–water partition coefficient (Wildman–Crippen LogP) is 6.80. The molecule has 3 aromatic carbocycles. The number of nitrogens with zero attached hydrogens (tertiary/aromatic N) is 3. The first kappa shape index (κ1) is 33.1. The number of rotatable bonds is 8. The SMILES string of the molecule is CC.COc1cc2c(Oc3ccc(NC(=O)C4(C(=O)Nc5ccc(F)cc5)CC4)cc3)ccnc2cc1OC(=O)N1CCN(C)CC1.[HH].[HH]. The van der Waals surface area contributed by atoms with Crippen LogP contribution >= 0.6 is 0 Å². The number of carbonyl (C=O) groups is 3. The number of carbonyl (C=O) groups excluding carboxylic acids is 3. The summed E-state index contributed by atoms with van der Waals surface area (Å²) in [6, 6.07) is 17.2. The summed E-state index contributed by atoms with van der Waals surface area (Å²) in [4.78, 5) is 46.9. The Morgan fingerprint density at radius 3 is 2.00 bits per heavy atom. The highest BCUT2D eigenvalue weighted by atomic mass is 19.1. The van der Waals surface area contributed by atoms with Crippen LogP contribution in [0.4, 0.5) is 20.6 Å². The van der Waals surface area contributed by atoms with Crippen LogP contribution in [0.5, 0.6) is 23.0 Å². The second kappa shape index (κ2) is 14.5. The number of anilines is 2. The highest BCUT2D eigenvalue weighted by molar-refractivity contribution is 6.16. The Hall–Kier alpha value is -5.23. The summed E-state index contributed by atoms with van der Waals surface area (Å²) in [6.07, 6.45) is 1.99. The molecule has 6 rings (SSSR count). The Balaban J connectivity index is 0.00000160. The maximum absolute atomic E-state index is 13.2. The number of hydrogen-bond donors (Lipinski definition) is 2. The molecule has 11 nitrogen and oxygen atoms in total. The van der Waals surface area contributed by atoms with Crippen molar-refractivity contribution in [1.29, 1.82) is 0 Å². The third-order valence-corrected chi connectivity index (χ3v) is 8.01.